The highest BCUT2D eigenvalue weighted by Gasteiger charge is 2.43. The molecule has 2 aliphatic rings. The van der Waals surface area contributed by atoms with Gasteiger partial charge in [-0.15, -0.1) is 0 Å². The Morgan fingerprint density at radius 1 is 1.32 bits per heavy atom. The number of ether oxygens (including phenoxy) is 1. The highest BCUT2D eigenvalue weighted by Crippen LogP contribution is 2.40. The Labute approximate surface area is 151 Å². The fraction of sp³-hybridized carbons (Fsp3) is 0.389. The van der Waals surface area contributed by atoms with Gasteiger partial charge in [-0.2, -0.15) is 4.98 Å². The molecule has 1 fully saturated rings. The average Bonchev–Trinajstić information content (AvgIpc) is 2.63. The van der Waals surface area contributed by atoms with Gasteiger partial charge < -0.3 is 9.64 Å². The van der Waals surface area contributed by atoms with Gasteiger partial charge >= 0.3 is 0 Å². The topological polar surface area (TPSA) is 58.6 Å². The molecule has 0 spiro atoms. The van der Waals surface area contributed by atoms with E-state index in [1.807, 2.05) is 30.9 Å². The van der Waals surface area contributed by atoms with E-state index < -0.39 is 0 Å². The Balaban J connectivity index is 1.80. The summed E-state index contributed by atoms with van der Waals surface area (Å²) in [6, 6.07) is 7.69. The van der Waals surface area contributed by atoms with Crippen molar-refractivity contribution in [2.45, 2.75) is 25.9 Å². The Kier molecular flexibility index (Phi) is 4.09. The zero-order chi connectivity index (χ0) is 17.6. The number of morpholine rings is 1. The van der Waals surface area contributed by atoms with E-state index in [2.05, 4.69) is 22.1 Å². The van der Waals surface area contributed by atoms with E-state index in [0.29, 0.717) is 31.3 Å². The minimum Gasteiger partial charge on any atom is -0.377 e. The maximum atomic E-state index is 13.2. The molecule has 25 heavy (non-hydrogen) atoms. The van der Waals surface area contributed by atoms with Crippen LogP contribution in [0.3, 0.4) is 0 Å². The third-order valence-electron chi connectivity index (χ3n) is 4.85. The second-order valence-corrected chi connectivity index (χ2v) is 6.76. The third-order valence-corrected chi connectivity index (χ3v) is 5.03. The van der Waals surface area contributed by atoms with Crippen LogP contribution >= 0.6 is 11.6 Å². The summed E-state index contributed by atoms with van der Waals surface area (Å²) in [7, 11) is 0. The van der Waals surface area contributed by atoms with Crippen LogP contribution in [0.4, 0.5) is 11.5 Å². The van der Waals surface area contributed by atoms with Crippen molar-refractivity contribution in [2.24, 2.45) is 0 Å². The molecule has 1 amide bonds. The van der Waals surface area contributed by atoms with E-state index in [1.54, 1.807) is 11.1 Å². The van der Waals surface area contributed by atoms with Crippen LogP contribution in [-0.4, -0.2) is 41.7 Å². The van der Waals surface area contributed by atoms with Gasteiger partial charge in [-0.05, 0) is 31.0 Å². The summed E-state index contributed by atoms with van der Waals surface area (Å²) in [5, 5.41) is 0.182. The normalized spacial score (nSPS) is 20.9. The number of aryl methyl sites for hydroxylation is 1. The summed E-state index contributed by atoms with van der Waals surface area (Å²) < 4.78 is 5.54. The Morgan fingerprint density at radius 2 is 2.08 bits per heavy atom. The van der Waals surface area contributed by atoms with Crippen LogP contribution < -0.4 is 9.80 Å². The van der Waals surface area contributed by atoms with Crippen molar-refractivity contribution in [2.75, 3.05) is 29.6 Å². The predicted octanol–water partition coefficient (Wildman–Crippen LogP) is 2.75. The van der Waals surface area contributed by atoms with Gasteiger partial charge in [0, 0.05) is 6.54 Å². The van der Waals surface area contributed by atoms with E-state index >= 15 is 0 Å². The second-order valence-electron chi connectivity index (χ2n) is 6.43. The van der Waals surface area contributed by atoms with Gasteiger partial charge in [0.1, 0.15) is 11.7 Å². The number of anilines is 2. The number of carbonyl (C=O) groups is 1. The summed E-state index contributed by atoms with van der Waals surface area (Å²) >= 11 is 6.02. The van der Waals surface area contributed by atoms with Gasteiger partial charge in [0.15, 0.2) is 5.82 Å². The molecule has 0 saturated carbocycles. The predicted molar refractivity (Wildman–Crippen MR) is 96.1 cm³/mol. The summed E-state index contributed by atoms with van der Waals surface area (Å²) in [5.74, 6) is 0.707. The zero-order valence-electron chi connectivity index (χ0n) is 14.1. The first-order valence-corrected chi connectivity index (χ1v) is 8.70. The van der Waals surface area contributed by atoms with Crippen molar-refractivity contribution in [1.82, 2.24) is 9.97 Å². The Morgan fingerprint density at radius 3 is 2.84 bits per heavy atom. The average molecular weight is 359 g/mol. The summed E-state index contributed by atoms with van der Waals surface area (Å²) in [4.78, 5) is 25.5. The van der Waals surface area contributed by atoms with E-state index in [4.69, 9.17) is 16.3 Å². The van der Waals surface area contributed by atoms with Crippen molar-refractivity contribution < 1.29 is 9.53 Å². The number of benzene rings is 1. The minimum absolute atomic E-state index is 0.00574. The van der Waals surface area contributed by atoms with Crippen molar-refractivity contribution in [3.05, 3.63) is 46.9 Å². The van der Waals surface area contributed by atoms with Crippen molar-refractivity contribution >= 4 is 29.0 Å². The van der Waals surface area contributed by atoms with Gasteiger partial charge in [-0.1, -0.05) is 29.8 Å². The van der Waals surface area contributed by atoms with Crippen LogP contribution in [0.1, 0.15) is 24.1 Å². The quantitative estimate of drug-likeness (QED) is 0.772. The second kappa shape index (κ2) is 6.28. The van der Waals surface area contributed by atoms with Crippen LogP contribution in [0, 0.1) is 6.92 Å². The number of halogens is 1. The van der Waals surface area contributed by atoms with Crippen molar-refractivity contribution in [3.63, 3.8) is 0 Å². The lowest BCUT2D eigenvalue weighted by molar-refractivity contribution is -0.123. The smallest absolute Gasteiger partial charge is 0.252 e. The van der Waals surface area contributed by atoms with Crippen molar-refractivity contribution in [1.29, 1.82) is 0 Å². The standard InChI is InChI=1S/C18H19ClN4O2/c1-11-3-5-13(6-4-11)12(2)23-14-9-20-18(19)21-16(14)22-7-8-25-10-15(22)17(23)24/h3-6,9,12,15H,7-8,10H2,1-2H3/t12-,15?/m0/s1. The molecule has 1 saturated heterocycles. The molecule has 1 aromatic heterocycles. The van der Waals surface area contributed by atoms with E-state index in [1.165, 1.54) is 5.56 Å². The number of hydrogen-bond donors (Lipinski definition) is 0. The first-order chi connectivity index (χ1) is 12.1. The number of nitrogens with zero attached hydrogens (tertiary/aromatic N) is 4. The number of aromatic nitrogens is 2. The van der Waals surface area contributed by atoms with Crippen LogP contribution in [0.5, 0.6) is 0 Å². The molecule has 0 aliphatic carbocycles. The highest BCUT2D eigenvalue weighted by molar-refractivity contribution is 6.28. The summed E-state index contributed by atoms with van der Waals surface area (Å²) in [6.45, 7) is 5.60. The lowest BCUT2D eigenvalue weighted by Gasteiger charge is -2.45. The molecule has 130 valence electrons. The first kappa shape index (κ1) is 16.3. The van der Waals surface area contributed by atoms with Crippen LogP contribution in [0.2, 0.25) is 5.28 Å². The molecular formula is C18H19ClN4O2. The van der Waals surface area contributed by atoms with E-state index in [9.17, 15) is 4.79 Å². The highest BCUT2D eigenvalue weighted by atomic mass is 35.5. The lowest BCUT2D eigenvalue weighted by Crippen LogP contribution is -2.59. The largest absolute Gasteiger partial charge is 0.377 e. The molecule has 7 heteroatoms. The van der Waals surface area contributed by atoms with E-state index in [0.717, 1.165) is 5.56 Å². The molecule has 6 nitrogen and oxygen atoms in total. The molecule has 2 aromatic rings. The molecule has 1 aromatic carbocycles. The molecule has 0 N–H and O–H groups in total. The molecule has 0 bridgehead atoms. The van der Waals surface area contributed by atoms with Crippen LogP contribution in [0.25, 0.3) is 0 Å². The van der Waals surface area contributed by atoms with Gasteiger partial charge in [0.05, 0.1) is 25.5 Å². The maximum Gasteiger partial charge on any atom is 0.252 e. The Hall–Kier alpha value is -2.18. The first-order valence-electron chi connectivity index (χ1n) is 8.33. The summed E-state index contributed by atoms with van der Waals surface area (Å²) in [6.07, 6.45) is 1.64. The number of hydrogen-bond acceptors (Lipinski definition) is 5. The molecule has 0 radical (unpaired) electrons. The molecule has 2 atom stereocenters. The van der Waals surface area contributed by atoms with Crippen LogP contribution in [-0.2, 0) is 9.53 Å². The summed E-state index contributed by atoms with van der Waals surface area (Å²) in [5.41, 5.74) is 2.94. The van der Waals surface area contributed by atoms with E-state index in [-0.39, 0.29) is 23.3 Å². The molecular weight excluding hydrogens is 340 g/mol. The monoisotopic (exact) mass is 358 g/mol. The minimum atomic E-state index is -0.375. The SMILES string of the molecule is Cc1ccc([C@H](C)N2C(=O)C3COCCN3c3nc(Cl)ncc32)cc1. The zero-order valence-corrected chi connectivity index (χ0v) is 14.9. The molecule has 4 rings (SSSR count). The number of amides is 1. The van der Waals surface area contributed by atoms with Gasteiger partial charge in [0.2, 0.25) is 5.28 Å². The van der Waals surface area contributed by atoms with Gasteiger partial charge in [-0.3, -0.25) is 9.69 Å². The number of rotatable bonds is 2. The third kappa shape index (κ3) is 2.75. The van der Waals surface area contributed by atoms with Crippen molar-refractivity contribution in [3.8, 4) is 0 Å². The maximum absolute atomic E-state index is 13.2. The molecule has 3 heterocycles. The number of fused-ring (bicyclic) bond motifs is 3. The number of carbonyl (C=O) groups excluding carboxylic acids is 1. The fourth-order valence-electron chi connectivity index (χ4n) is 3.46. The lowest BCUT2D eigenvalue weighted by atomic mass is 10.0. The molecule has 1 unspecified atom stereocenters. The van der Waals surface area contributed by atoms with Gasteiger partial charge in [0.25, 0.3) is 5.91 Å². The Bertz CT molecular complexity index is 811. The molecule has 2 aliphatic heterocycles. The van der Waals surface area contributed by atoms with Crippen LogP contribution in [0.15, 0.2) is 30.5 Å². The van der Waals surface area contributed by atoms with Gasteiger partial charge in [-0.25, -0.2) is 4.98 Å². The fourth-order valence-corrected chi connectivity index (χ4v) is 3.59.